The van der Waals surface area contributed by atoms with Crippen LogP contribution in [-0.2, 0) is 9.53 Å². The maximum Gasteiger partial charge on any atom is 0.407 e. The van der Waals surface area contributed by atoms with Gasteiger partial charge in [0.25, 0.3) is 0 Å². The fraction of sp³-hybridized carbons (Fsp3) is 0.467. The summed E-state index contributed by atoms with van der Waals surface area (Å²) in [5.41, 5.74) is 0.200. The van der Waals surface area contributed by atoms with Crippen molar-refractivity contribution < 1.29 is 19.1 Å². The van der Waals surface area contributed by atoms with E-state index in [4.69, 9.17) is 9.47 Å². The molecule has 0 aliphatic carbocycles. The molecule has 116 valence electrons. The topological polar surface area (TPSA) is 76.7 Å². The predicted molar refractivity (Wildman–Crippen MR) is 80.5 cm³/mol. The third-order valence-corrected chi connectivity index (χ3v) is 2.21. The number of carbonyl (C=O) groups is 2. The van der Waals surface area contributed by atoms with Crippen molar-refractivity contribution >= 4 is 17.7 Å². The lowest BCUT2D eigenvalue weighted by molar-refractivity contribution is -0.114. The van der Waals surface area contributed by atoms with Gasteiger partial charge in [0, 0.05) is 12.6 Å². The molecule has 0 saturated carbocycles. The second-order valence-electron chi connectivity index (χ2n) is 5.48. The summed E-state index contributed by atoms with van der Waals surface area (Å²) in [6.07, 6.45) is -0.466. The van der Waals surface area contributed by atoms with Gasteiger partial charge in [-0.05, 0) is 45.0 Å². The van der Waals surface area contributed by atoms with Gasteiger partial charge in [-0.15, -0.1) is 0 Å². The second kappa shape index (κ2) is 7.52. The third-order valence-electron chi connectivity index (χ3n) is 2.21. The fourth-order valence-electron chi connectivity index (χ4n) is 1.47. The normalized spacial score (nSPS) is 10.7. The molecule has 1 aromatic carbocycles. The van der Waals surface area contributed by atoms with Crippen LogP contribution in [-0.4, -0.2) is 30.8 Å². The first-order valence-electron chi connectivity index (χ1n) is 6.73. The molecule has 0 saturated heterocycles. The molecule has 1 rings (SSSR count). The molecule has 0 atom stereocenters. The Balaban J connectivity index is 2.27. The van der Waals surface area contributed by atoms with Gasteiger partial charge in [-0.25, -0.2) is 4.79 Å². The van der Waals surface area contributed by atoms with Gasteiger partial charge < -0.3 is 20.1 Å². The Kier molecular flexibility index (Phi) is 6.02. The van der Waals surface area contributed by atoms with Crippen molar-refractivity contribution in [3.05, 3.63) is 24.3 Å². The van der Waals surface area contributed by atoms with Gasteiger partial charge in [-0.3, -0.25) is 4.79 Å². The molecule has 6 heteroatoms. The quantitative estimate of drug-likeness (QED) is 0.818. The Hall–Kier alpha value is -2.24. The van der Waals surface area contributed by atoms with Gasteiger partial charge in [-0.1, -0.05) is 0 Å². The smallest absolute Gasteiger partial charge is 0.407 e. The van der Waals surface area contributed by atoms with Crippen molar-refractivity contribution in [2.45, 2.75) is 33.3 Å². The number of amides is 2. The van der Waals surface area contributed by atoms with Gasteiger partial charge in [0.05, 0.1) is 6.54 Å². The molecule has 0 aromatic heterocycles. The lowest BCUT2D eigenvalue weighted by Gasteiger charge is -2.19. The fourth-order valence-corrected chi connectivity index (χ4v) is 1.47. The van der Waals surface area contributed by atoms with Crippen molar-refractivity contribution in [1.29, 1.82) is 0 Å². The molecule has 0 aliphatic rings. The largest absolute Gasteiger partial charge is 0.492 e. The first-order valence-corrected chi connectivity index (χ1v) is 6.73. The number of alkyl carbamates (subject to hydrolysis) is 1. The minimum atomic E-state index is -0.509. The summed E-state index contributed by atoms with van der Waals surface area (Å²) in [6, 6.07) is 6.99. The number of nitrogens with one attached hydrogen (secondary N) is 2. The zero-order valence-electron chi connectivity index (χ0n) is 12.9. The van der Waals surface area contributed by atoms with Crippen LogP contribution in [0.2, 0.25) is 0 Å². The molecule has 2 amide bonds. The SMILES string of the molecule is CC(=O)Nc1ccc(OCCNC(=O)OC(C)(C)C)cc1. The maximum absolute atomic E-state index is 11.4. The lowest BCUT2D eigenvalue weighted by Crippen LogP contribution is -2.34. The van der Waals surface area contributed by atoms with Gasteiger partial charge >= 0.3 is 6.09 Å². The second-order valence-corrected chi connectivity index (χ2v) is 5.48. The van der Waals surface area contributed by atoms with E-state index in [1.165, 1.54) is 6.92 Å². The van der Waals surface area contributed by atoms with Crippen molar-refractivity contribution in [2.75, 3.05) is 18.5 Å². The molecular weight excluding hydrogens is 272 g/mol. The molecule has 0 heterocycles. The highest BCUT2D eigenvalue weighted by molar-refractivity contribution is 5.88. The van der Waals surface area contributed by atoms with E-state index in [1.807, 2.05) is 0 Å². The molecule has 21 heavy (non-hydrogen) atoms. The van der Waals surface area contributed by atoms with E-state index in [9.17, 15) is 9.59 Å². The van der Waals surface area contributed by atoms with Crippen molar-refractivity contribution in [3.8, 4) is 5.75 Å². The highest BCUT2D eigenvalue weighted by Gasteiger charge is 2.15. The van der Waals surface area contributed by atoms with E-state index in [2.05, 4.69) is 10.6 Å². The molecule has 0 bridgehead atoms. The molecular formula is C15H22N2O4. The summed E-state index contributed by atoms with van der Waals surface area (Å²) in [4.78, 5) is 22.3. The Morgan fingerprint density at radius 2 is 1.76 bits per heavy atom. The number of benzene rings is 1. The van der Waals surface area contributed by atoms with E-state index in [0.29, 0.717) is 24.6 Å². The first kappa shape index (κ1) is 16.8. The first-order chi connectivity index (χ1) is 9.76. The van der Waals surface area contributed by atoms with Crippen LogP contribution < -0.4 is 15.4 Å². The number of ether oxygens (including phenoxy) is 2. The lowest BCUT2D eigenvalue weighted by atomic mass is 10.2. The van der Waals surface area contributed by atoms with Crippen molar-refractivity contribution in [2.24, 2.45) is 0 Å². The molecule has 6 nitrogen and oxygen atoms in total. The summed E-state index contributed by atoms with van der Waals surface area (Å²) < 4.78 is 10.6. The van der Waals surface area contributed by atoms with Gasteiger partial charge in [-0.2, -0.15) is 0 Å². The monoisotopic (exact) mass is 294 g/mol. The number of hydrogen-bond acceptors (Lipinski definition) is 4. The number of carbonyl (C=O) groups excluding carboxylic acids is 2. The summed E-state index contributed by atoms with van der Waals surface area (Å²) in [7, 11) is 0. The number of hydrogen-bond donors (Lipinski definition) is 2. The van der Waals surface area contributed by atoms with Crippen LogP contribution in [0.3, 0.4) is 0 Å². The van der Waals surface area contributed by atoms with Gasteiger partial charge in [0.1, 0.15) is 18.0 Å². The van der Waals surface area contributed by atoms with Crippen LogP contribution in [0.4, 0.5) is 10.5 Å². The standard InChI is InChI=1S/C15H22N2O4/c1-11(18)17-12-5-7-13(8-6-12)20-10-9-16-14(19)21-15(2,3)4/h5-8H,9-10H2,1-4H3,(H,16,19)(H,17,18). The molecule has 0 aliphatic heterocycles. The summed E-state index contributed by atoms with van der Waals surface area (Å²) in [5.74, 6) is 0.542. The maximum atomic E-state index is 11.4. The van der Waals surface area contributed by atoms with E-state index >= 15 is 0 Å². The number of rotatable bonds is 5. The van der Waals surface area contributed by atoms with Gasteiger partial charge in [0.2, 0.25) is 5.91 Å². The average Bonchev–Trinajstić information content (AvgIpc) is 2.34. The Labute approximate surface area is 124 Å². The molecule has 1 aromatic rings. The zero-order valence-corrected chi connectivity index (χ0v) is 12.9. The van der Waals surface area contributed by atoms with E-state index < -0.39 is 11.7 Å². The summed E-state index contributed by atoms with van der Waals surface area (Å²) >= 11 is 0. The Bertz CT molecular complexity index is 477. The van der Waals surface area contributed by atoms with E-state index in [1.54, 1.807) is 45.0 Å². The Morgan fingerprint density at radius 3 is 2.29 bits per heavy atom. The van der Waals surface area contributed by atoms with Crippen LogP contribution >= 0.6 is 0 Å². The van der Waals surface area contributed by atoms with Crippen molar-refractivity contribution in [1.82, 2.24) is 5.32 Å². The predicted octanol–water partition coefficient (Wildman–Crippen LogP) is 2.55. The van der Waals surface area contributed by atoms with Crippen LogP contribution in [0.25, 0.3) is 0 Å². The summed E-state index contributed by atoms with van der Waals surface area (Å²) in [6.45, 7) is 7.55. The molecule has 0 fully saturated rings. The molecule has 0 radical (unpaired) electrons. The minimum Gasteiger partial charge on any atom is -0.492 e. The molecule has 0 unspecified atom stereocenters. The van der Waals surface area contributed by atoms with E-state index in [-0.39, 0.29) is 5.91 Å². The molecule has 2 N–H and O–H groups in total. The summed E-state index contributed by atoms with van der Waals surface area (Å²) in [5, 5.41) is 5.27. The van der Waals surface area contributed by atoms with Crippen LogP contribution in [0.1, 0.15) is 27.7 Å². The highest BCUT2D eigenvalue weighted by atomic mass is 16.6. The van der Waals surface area contributed by atoms with Crippen LogP contribution in [0.15, 0.2) is 24.3 Å². The van der Waals surface area contributed by atoms with Crippen LogP contribution in [0, 0.1) is 0 Å². The number of anilines is 1. The highest BCUT2D eigenvalue weighted by Crippen LogP contribution is 2.15. The average molecular weight is 294 g/mol. The minimum absolute atomic E-state index is 0.120. The zero-order chi connectivity index (χ0) is 15.9. The van der Waals surface area contributed by atoms with Gasteiger partial charge in [0.15, 0.2) is 0 Å². The molecule has 0 spiro atoms. The third kappa shape index (κ3) is 7.81. The Morgan fingerprint density at radius 1 is 1.14 bits per heavy atom. The van der Waals surface area contributed by atoms with Crippen LogP contribution in [0.5, 0.6) is 5.75 Å². The van der Waals surface area contributed by atoms with Crippen molar-refractivity contribution in [3.63, 3.8) is 0 Å². The van der Waals surface area contributed by atoms with E-state index in [0.717, 1.165) is 0 Å².